The van der Waals surface area contributed by atoms with Gasteiger partial charge in [0.25, 0.3) is 6.47 Å². The fourth-order valence-electron chi connectivity index (χ4n) is 6.14. The molecule has 0 aromatic heterocycles. The van der Waals surface area contributed by atoms with Crippen LogP contribution in [0.15, 0.2) is 24.3 Å². The Kier molecular flexibility index (Phi) is 33.5. The third-order valence-electron chi connectivity index (χ3n) is 9.55. The van der Waals surface area contributed by atoms with Crippen molar-refractivity contribution < 1.29 is 57.2 Å². The Morgan fingerprint density at radius 2 is 1.10 bits per heavy atom. The number of likely N-dealkylation sites (tertiary alicyclic amines) is 1. The van der Waals surface area contributed by atoms with Gasteiger partial charge in [0.1, 0.15) is 13.2 Å². The van der Waals surface area contributed by atoms with Crippen molar-refractivity contribution in [2.24, 2.45) is 0 Å². The maximum absolute atomic E-state index is 13.2. The molecule has 0 spiro atoms. The maximum Gasteiger partial charge on any atom is 0.408 e. The van der Waals surface area contributed by atoms with Gasteiger partial charge in [0.15, 0.2) is 0 Å². The maximum atomic E-state index is 13.2. The van der Waals surface area contributed by atoms with Crippen molar-refractivity contribution >= 4 is 36.4 Å². The van der Waals surface area contributed by atoms with Gasteiger partial charge >= 0.3 is 30.0 Å². The lowest BCUT2D eigenvalue weighted by atomic mass is 10.1. The lowest BCUT2D eigenvalue weighted by Gasteiger charge is -2.23. The van der Waals surface area contributed by atoms with Gasteiger partial charge in [-0.1, -0.05) is 76.7 Å². The zero-order valence-corrected chi connectivity index (χ0v) is 35.6. The number of carbonyl (C=O) groups excluding carboxylic acids is 6. The van der Waals surface area contributed by atoms with Crippen molar-refractivity contribution in [1.29, 1.82) is 0 Å². The van der Waals surface area contributed by atoms with Gasteiger partial charge in [0.2, 0.25) is 12.2 Å². The number of ether oxygens (including phenoxy) is 6. The molecule has 1 fully saturated rings. The molecule has 14 heteroatoms. The predicted molar refractivity (Wildman–Crippen MR) is 221 cm³/mol. The summed E-state index contributed by atoms with van der Waals surface area (Å²) < 4.78 is 31.3. The summed E-state index contributed by atoms with van der Waals surface area (Å²) in [5, 5.41) is 2.59. The van der Waals surface area contributed by atoms with Crippen LogP contribution in [0.4, 0.5) is 4.79 Å². The van der Waals surface area contributed by atoms with E-state index in [1.807, 2.05) is 24.3 Å². The van der Waals surface area contributed by atoms with Crippen molar-refractivity contribution in [3.05, 3.63) is 24.3 Å². The first-order chi connectivity index (χ1) is 28.3. The first-order valence-electron chi connectivity index (χ1n) is 22.0. The highest BCUT2D eigenvalue weighted by Crippen LogP contribution is 2.13. The van der Waals surface area contributed by atoms with Crippen molar-refractivity contribution in [2.45, 2.75) is 167 Å². The molecule has 2 unspecified atom stereocenters. The van der Waals surface area contributed by atoms with Gasteiger partial charge in [-0.25, -0.2) is 14.4 Å². The Bertz CT molecular complexity index is 1170. The van der Waals surface area contributed by atoms with Gasteiger partial charge < -0.3 is 38.6 Å². The van der Waals surface area contributed by atoms with Gasteiger partial charge in [-0.2, -0.15) is 0 Å². The van der Waals surface area contributed by atoms with E-state index in [1.165, 1.54) is 51.4 Å². The second kappa shape index (κ2) is 37.3. The van der Waals surface area contributed by atoms with Crippen molar-refractivity contribution in [2.75, 3.05) is 52.6 Å². The fraction of sp³-hybridized carbons (Fsp3) is 0.773. The molecule has 0 radical (unpaired) electrons. The third-order valence-corrected chi connectivity index (χ3v) is 9.55. The van der Waals surface area contributed by atoms with Crippen LogP contribution in [0.3, 0.4) is 0 Å². The number of hydrogen-bond acceptors (Lipinski definition) is 13. The highest BCUT2D eigenvalue weighted by atomic mass is 16.6. The van der Waals surface area contributed by atoms with E-state index in [1.54, 1.807) is 0 Å². The van der Waals surface area contributed by atoms with E-state index in [2.05, 4.69) is 24.1 Å². The summed E-state index contributed by atoms with van der Waals surface area (Å²) in [4.78, 5) is 76.9. The molecule has 0 bridgehead atoms. The number of nitrogens with zero attached hydrogens (tertiary/aromatic N) is 1. The molecule has 1 aliphatic heterocycles. The van der Waals surface area contributed by atoms with Gasteiger partial charge in [-0.15, -0.1) is 0 Å². The molecule has 1 rings (SSSR count). The highest BCUT2D eigenvalue weighted by molar-refractivity contribution is 5.88. The number of hydrogen-bond donors (Lipinski definition) is 1. The number of alkyl carbamates (subject to hydrolysis) is 1. The van der Waals surface area contributed by atoms with E-state index in [9.17, 15) is 28.8 Å². The summed E-state index contributed by atoms with van der Waals surface area (Å²) >= 11 is 0. The van der Waals surface area contributed by atoms with E-state index in [-0.39, 0.29) is 64.2 Å². The van der Waals surface area contributed by atoms with Gasteiger partial charge in [0, 0.05) is 19.4 Å². The number of amides is 1. The predicted octanol–water partition coefficient (Wildman–Crippen LogP) is 7.85. The molecule has 1 saturated heterocycles. The molecule has 0 aromatic rings. The number of esters is 4. The zero-order chi connectivity index (χ0) is 42.3. The largest absolute Gasteiger partial charge is 0.463 e. The monoisotopic (exact) mass is 823 g/mol. The summed E-state index contributed by atoms with van der Waals surface area (Å²) in [6.07, 6.45) is 21.6. The first kappa shape index (κ1) is 52.1. The lowest BCUT2D eigenvalue weighted by molar-refractivity contribution is -0.179. The minimum absolute atomic E-state index is 0.0262. The van der Waals surface area contributed by atoms with E-state index in [4.69, 9.17) is 28.4 Å². The molecule has 0 aliphatic carbocycles. The second-order valence-corrected chi connectivity index (χ2v) is 14.6. The Labute approximate surface area is 347 Å². The van der Waals surface area contributed by atoms with Crippen LogP contribution in [0.1, 0.15) is 155 Å². The van der Waals surface area contributed by atoms with Crippen LogP contribution in [0.25, 0.3) is 0 Å². The summed E-state index contributed by atoms with van der Waals surface area (Å²) in [5.74, 6) is -2.80. The summed E-state index contributed by atoms with van der Waals surface area (Å²) in [6.45, 7) is 7.95. The Hall–Kier alpha value is -3.94. The molecule has 2 atom stereocenters. The molecule has 1 aliphatic rings. The Morgan fingerprint density at radius 3 is 1.62 bits per heavy atom. The number of carbonyl (C=O) groups is 6. The smallest absolute Gasteiger partial charge is 0.408 e. The van der Waals surface area contributed by atoms with Gasteiger partial charge in [-0.3, -0.25) is 14.4 Å². The fourth-order valence-corrected chi connectivity index (χ4v) is 6.14. The molecule has 14 nitrogen and oxygen atoms in total. The average Bonchev–Trinajstić information content (AvgIpc) is 3.74. The van der Waals surface area contributed by atoms with Crippen molar-refractivity contribution in [1.82, 2.24) is 10.2 Å². The molecular weight excluding hydrogens is 748 g/mol. The first-order valence-corrected chi connectivity index (χ1v) is 22.0. The molecule has 1 amide bonds. The SMILES string of the molecule is CCCCCC/C=C\COC(=O)CCCCCOC(=O)C(OC=O)C(OC(=O)NCCCCN1CCCC1)C(=O)OCCCCCC(=O)OC/C=C\CCCCCC. The minimum atomic E-state index is -1.92. The van der Waals surface area contributed by atoms with Crippen LogP contribution in [-0.4, -0.2) is 106 Å². The van der Waals surface area contributed by atoms with Crippen LogP contribution in [0, 0.1) is 0 Å². The van der Waals surface area contributed by atoms with Crippen LogP contribution in [-0.2, 0) is 52.4 Å². The summed E-state index contributed by atoms with van der Waals surface area (Å²) in [5.41, 5.74) is 0. The second-order valence-electron chi connectivity index (χ2n) is 14.6. The number of unbranched alkanes of at least 4 members (excludes halogenated alkanes) is 13. The Morgan fingerprint density at radius 1 is 0.586 bits per heavy atom. The third kappa shape index (κ3) is 29.3. The van der Waals surface area contributed by atoms with Crippen LogP contribution in [0.5, 0.6) is 0 Å². The average molecular weight is 823 g/mol. The van der Waals surface area contributed by atoms with Crippen molar-refractivity contribution in [3.63, 3.8) is 0 Å². The van der Waals surface area contributed by atoms with E-state index in [0.717, 1.165) is 51.7 Å². The minimum Gasteiger partial charge on any atom is -0.463 e. The zero-order valence-electron chi connectivity index (χ0n) is 35.6. The lowest BCUT2D eigenvalue weighted by Crippen LogP contribution is -2.48. The summed E-state index contributed by atoms with van der Waals surface area (Å²) in [7, 11) is 0. The number of rotatable bonds is 37. The molecule has 1 N–H and O–H groups in total. The topological polar surface area (TPSA) is 173 Å². The summed E-state index contributed by atoms with van der Waals surface area (Å²) in [6, 6.07) is 0. The van der Waals surface area contributed by atoms with Gasteiger partial charge in [0.05, 0.1) is 13.2 Å². The number of nitrogens with one attached hydrogen (secondary N) is 1. The molecule has 1 heterocycles. The molecule has 332 valence electrons. The van der Waals surface area contributed by atoms with E-state index >= 15 is 0 Å². The molecule has 0 aromatic carbocycles. The van der Waals surface area contributed by atoms with Gasteiger partial charge in [-0.05, 0) is 110 Å². The normalized spacial score (nSPS) is 13.9. The standard InChI is InChI=1S/C44H74N2O12/c1-3-5-7-9-11-13-23-33-53-38(48)27-17-15-25-35-55-42(50)40(57-37-47)41(58-44(52)45-29-19-20-30-46-31-21-22-32-46)43(51)56-36-26-16-18-28-39(49)54-34-24-14-12-10-8-6-4-2/h13-14,23-24,37,40-41H,3-12,15-22,25-36H2,1-2H3,(H,45,52)/b23-13-,24-14-. The number of allylic oxidation sites excluding steroid dienone is 2. The Balaban J connectivity index is 2.54. The molecule has 0 saturated carbocycles. The highest BCUT2D eigenvalue weighted by Gasteiger charge is 2.41. The molecule has 58 heavy (non-hydrogen) atoms. The van der Waals surface area contributed by atoms with Crippen molar-refractivity contribution in [3.8, 4) is 0 Å². The van der Waals surface area contributed by atoms with E-state index < -0.39 is 30.2 Å². The van der Waals surface area contributed by atoms with Crippen LogP contribution in [0.2, 0.25) is 0 Å². The van der Waals surface area contributed by atoms with Crippen LogP contribution < -0.4 is 5.32 Å². The molecular formula is C44H74N2O12. The van der Waals surface area contributed by atoms with Crippen LogP contribution >= 0.6 is 0 Å². The van der Waals surface area contributed by atoms with E-state index in [0.29, 0.717) is 44.9 Å². The quantitative estimate of drug-likeness (QED) is 0.0211.